The number of anilines is 1. The molecule has 10 heteroatoms. The van der Waals surface area contributed by atoms with E-state index in [9.17, 15) is 23.4 Å². The van der Waals surface area contributed by atoms with E-state index in [0.717, 1.165) is 6.26 Å². The van der Waals surface area contributed by atoms with Crippen LogP contribution in [0.2, 0.25) is 0 Å². The number of amides is 1. The Morgan fingerprint density at radius 2 is 1.79 bits per heavy atom. The molecule has 0 aliphatic rings. The first-order valence-electron chi connectivity index (χ1n) is 8.26. The number of aromatic hydroxyl groups is 1. The summed E-state index contributed by atoms with van der Waals surface area (Å²) < 4.78 is 30.0. The van der Waals surface area contributed by atoms with Crippen LogP contribution in [-0.4, -0.2) is 44.4 Å². The minimum atomic E-state index is -3.60. The first kappa shape index (κ1) is 21.5. The van der Waals surface area contributed by atoms with E-state index in [4.69, 9.17) is 10.5 Å². The first-order valence-corrected chi connectivity index (χ1v) is 10.1. The van der Waals surface area contributed by atoms with Gasteiger partial charge in [0.05, 0.1) is 25.2 Å². The molecule has 0 aliphatic heterocycles. The maximum Gasteiger partial charge on any atom is 0.239 e. The van der Waals surface area contributed by atoms with Crippen LogP contribution in [0.25, 0.3) is 0 Å². The standard InChI is InChI=1S/C18H23N3O6S/c1-27-13-6-3-11(4-7-13)17(18(19)24)20-10-16(23)12-5-8-15(22)14(9-12)21-28(2,25)26/h3-9,16-17,20-23H,10H2,1-2H3,(H2,19,24)/t16-,17-/m0/s1. The van der Waals surface area contributed by atoms with Gasteiger partial charge >= 0.3 is 0 Å². The molecule has 0 bridgehead atoms. The third kappa shape index (κ3) is 5.84. The van der Waals surface area contributed by atoms with E-state index in [2.05, 4.69) is 10.0 Å². The number of hydrogen-bond acceptors (Lipinski definition) is 7. The Kier molecular flexibility index (Phi) is 6.84. The van der Waals surface area contributed by atoms with Gasteiger partial charge in [-0.25, -0.2) is 8.42 Å². The van der Waals surface area contributed by atoms with Crippen molar-refractivity contribution in [2.45, 2.75) is 12.1 Å². The number of ether oxygens (including phenoxy) is 1. The Bertz CT molecular complexity index is 931. The highest BCUT2D eigenvalue weighted by Crippen LogP contribution is 2.28. The lowest BCUT2D eigenvalue weighted by Gasteiger charge is -2.19. The van der Waals surface area contributed by atoms with Gasteiger partial charge in [0.2, 0.25) is 15.9 Å². The molecule has 0 saturated carbocycles. The van der Waals surface area contributed by atoms with Crippen LogP contribution in [0, 0.1) is 0 Å². The molecule has 0 radical (unpaired) electrons. The molecule has 152 valence electrons. The Hall–Kier alpha value is -2.82. The van der Waals surface area contributed by atoms with Crippen molar-refractivity contribution in [3.8, 4) is 11.5 Å². The zero-order valence-corrected chi connectivity index (χ0v) is 16.2. The lowest BCUT2D eigenvalue weighted by atomic mass is 10.0. The summed E-state index contributed by atoms with van der Waals surface area (Å²) in [7, 11) is -2.07. The van der Waals surface area contributed by atoms with Crippen molar-refractivity contribution in [1.29, 1.82) is 0 Å². The van der Waals surface area contributed by atoms with Crippen LogP contribution < -0.4 is 20.5 Å². The number of benzene rings is 2. The number of nitrogens with one attached hydrogen (secondary N) is 2. The predicted molar refractivity (Wildman–Crippen MR) is 104 cm³/mol. The number of methoxy groups -OCH3 is 1. The van der Waals surface area contributed by atoms with Gasteiger partial charge < -0.3 is 20.7 Å². The van der Waals surface area contributed by atoms with E-state index in [1.54, 1.807) is 24.3 Å². The molecule has 1 amide bonds. The van der Waals surface area contributed by atoms with Crippen molar-refractivity contribution in [2.75, 3.05) is 24.6 Å². The molecule has 0 unspecified atom stereocenters. The minimum absolute atomic E-state index is 0.0390. The van der Waals surface area contributed by atoms with E-state index >= 15 is 0 Å². The van der Waals surface area contributed by atoms with E-state index in [1.165, 1.54) is 25.3 Å². The van der Waals surface area contributed by atoms with Gasteiger partial charge in [-0.1, -0.05) is 18.2 Å². The van der Waals surface area contributed by atoms with E-state index in [-0.39, 0.29) is 18.0 Å². The minimum Gasteiger partial charge on any atom is -0.506 e. The molecule has 2 aromatic carbocycles. The number of carbonyl (C=O) groups excluding carboxylic acids is 1. The second-order valence-electron chi connectivity index (χ2n) is 6.18. The Balaban J connectivity index is 2.13. The number of phenolic OH excluding ortho intramolecular Hbond substituents is 1. The molecule has 0 heterocycles. The normalized spacial score (nSPS) is 13.5. The zero-order chi connectivity index (χ0) is 20.9. The summed E-state index contributed by atoms with van der Waals surface area (Å²) in [5.74, 6) is -0.271. The number of carbonyl (C=O) groups is 1. The van der Waals surface area contributed by atoms with Crippen molar-refractivity contribution < 1.29 is 28.2 Å². The molecule has 0 aliphatic carbocycles. The van der Waals surface area contributed by atoms with Crippen molar-refractivity contribution in [3.63, 3.8) is 0 Å². The molecule has 0 spiro atoms. The van der Waals surface area contributed by atoms with Gasteiger partial charge in [0.1, 0.15) is 17.5 Å². The number of rotatable bonds is 9. The number of phenols is 1. The summed E-state index contributed by atoms with van der Waals surface area (Å²) in [6.07, 6.45) is -0.135. The quantitative estimate of drug-likeness (QED) is 0.381. The summed E-state index contributed by atoms with van der Waals surface area (Å²) in [5.41, 5.74) is 6.34. The van der Waals surface area contributed by atoms with Crippen molar-refractivity contribution >= 4 is 21.6 Å². The molecular weight excluding hydrogens is 386 g/mol. The topological polar surface area (TPSA) is 151 Å². The van der Waals surface area contributed by atoms with Gasteiger partial charge in [-0.3, -0.25) is 14.8 Å². The van der Waals surface area contributed by atoms with E-state index in [0.29, 0.717) is 16.9 Å². The van der Waals surface area contributed by atoms with Gasteiger partial charge in [-0.15, -0.1) is 0 Å². The summed E-state index contributed by atoms with van der Waals surface area (Å²) in [6.45, 7) is -0.0390. The molecule has 0 aromatic heterocycles. The monoisotopic (exact) mass is 409 g/mol. The van der Waals surface area contributed by atoms with Crippen molar-refractivity contribution in [2.24, 2.45) is 5.73 Å². The highest BCUT2D eigenvalue weighted by molar-refractivity contribution is 7.92. The average molecular weight is 409 g/mol. The van der Waals surface area contributed by atoms with Crippen LogP contribution >= 0.6 is 0 Å². The maximum atomic E-state index is 11.8. The molecule has 9 nitrogen and oxygen atoms in total. The highest BCUT2D eigenvalue weighted by atomic mass is 32.2. The fourth-order valence-corrected chi connectivity index (χ4v) is 3.13. The average Bonchev–Trinajstić information content (AvgIpc) is 2.62. The summed E-state index contributed by atoms with van der Waals surface area (Å²) in [5, 5.41) is 23.1. The number of hydrogen-bond donors (Lipinski definition) is 5. The number of primary amides is 1. The van der Waals surface area contributed by atoms with Gasteiger partial charge in [0, 0.05) is 6.54 Å². The predicted octanol–water partition coefficient (Wildman–Crippen LogP) is 0.622. The second kappa shape index (κ2) is 8.91. The van der Waals surface area contributed by atoms with Gasteiger partial charge in [-0.05, 0) is 35.4 Å². The van der Waals surface area contributed by atoms with Crippen LogP contribution in [0.3, 0.4) is 0 Å². The van der Waals surface area contributed by atoms with Gasteiger partial charge in [-0.2, -0.15) is 0 Å². The van der Waals surface area contributed by atoms with E-state index in [1.807, 2.05) is 0 Å². The fourth-order valence-electron chi connectivity index (χ4n) is 2.57. The molecule has 0 fully saturated rings. The van der Waals surface area contributed by atoms with Crippen LogP contribution in [0.1, 0.15) is 23.3 Å². The van der Waals surface area contributed by atoms with Crippen molar-refractivity contribution in [1.82, 2.24) is 5.32 Å². The number of nitrogens with two attached hydrogens (primary N) is 1. The SMILES string of the molecule is COc1ccc([C@H](NC[C@H](O)c2ccc(O)c(NS(C)(=O)=O)c2)C(N)=O)cc1. The first-order chi connectivity index (χ1) is 13.1. The lowest BCUT2D eigenvalue weighted by Crippen LogP contribution is -2.36. The number of sulfonamides is 1. The van der Waals surface area contributed by atoms with Crippen LogP contribution in [-0.2, 0) is 14.8 Å². The largest absolute Gasteiger partial charge is 0.506 e. The summed E-state index contributed by atoms with van der Waals surface area (Å²) in [4.78, 5) is 11.8. The van der Waals surface area contributed by atoms with Crippen LogP contribution in [0.4, 0.5) is 5.69 Å². The van der Waals surface area contributed by atoms with Gasteiger partial charge in [0.25, 0.3) is 0 Å². The molecule has 2 rings (SSSR count). The van der Waals surface area contributed by atoms with Crippen molar-refractivity contribution in [3.05, 3.63) is 53.6 Å². The molecule has 2 aromatic rings. The summed E-state index contributed by atoms with van der Waals surface area (Å²) >= 11 is 0. The Morgan fingerprint density at radius 1 is 1.18 bits per heavy atom. The number of aliphatic hydroxyl groups excluding tert-OH is 1. The molecule has 28 heavy (non-hydrogen) atoms. The van der Waals surface area contributed by atoms with E-state index < -0.39 is 28.1 Å². The lowest BCUT2D eigenvalue weighted by molar-refractivity contribution is -0.120. The third-order valence-corrected chi connectivity index (χ3v) is 4.54. The Labute approximate surface area is 163 Å². The smallest absolute Gasteiger partial charge is 0.239 e. The molecule has 6 N–H and O–H groups in total. The van der Waals surface area contributed by atoms with Crippen LogP contribution in [0.5, 0.6) is 11.5 Å². The second-order valence-corrected chi connectivity index (χ2v) is 7.93. The highest BCUT2D eigenvalue weighted by Gasteiger charge is 2.20. The summed E-state index contributed by atoms with van der Waals surface area (Å²) in [6, 6.07) is 9.92. The molecular formula is C18H23N3O6S. The zero-order valence-electron chi connectivity index (χ0n) is 15.4. The third-order valence-electron chi connectivity index (χ3n) is 3.95. The number of aliphatic hydroxyl groups is 1. The van der Waals surface area contributed by atoms with Gasteiger partial charge in [0.15, 0.2) is 0 Å². The van der Waals surface area contributed by atoms with Crippen LogP contribution in [0.15, 0.2) is 42.5 Å². The Morgan fingerprint density at radius 3 is 2.32 bits per heavy atom. The fraction of sp³-hybridized carbons (Fsp3) is 0.278. The maximum absolute atomic E-state index is 11.8. The molecule has 2 atom stereocenters. The molecule has 0 saturated heterocycles.